The van der Waals surface area contributed by atoms with Crippen LogP contribution in [0.5, 0.6) is 5.75 Å². The third-order valence-electron chi connectivity index (χ3n) is 1.55. The van der Waals surface area contributed by atoms with E-state index in [1.54, 1.807) is 0 Å². The average Bonchev–Trinajstić information content (AvgIpc) is 2.05. The Morgan fingerprint density at radius 2 is 2.00 bits per heavy atom. The van der Waals surface area contributed by atoms with Crippen LogP contribution in [0.4, 0.5) is 0 Å². The van der Waals surface area contributed by atoms with Gasteiger partial charge in [-0.15, -0.1) is 0 Å². The summed E-state index contributed by atoms with van der Waals surface area (Å²) in [6, 6.07) is 8.03. The molecule has 0 spiro atoms. The van der Waals surface area contributed by atoms with E-state index in [2.05, 4.69) is 6.08 Å². The Balaban J connectivity index is 0.000000605. The Hall–Kier alpha value is -0.617. The van der Waals surface area contributed by atoms with Crippen LogP contribution in [0.3, 0.4) is 0 Å². The van der Waals surface area contributed by atoms with Gasteiger partial charge in [-0.05, 0) is 12.1 Å². The Kier molecular flexibility index (Phi) is 2.84. The molecule has 0 unspecified atom stereocenters. The van der Waals surface area contributed by atoms with E-state index in [9.17, 15) is 0 Å². The Morgan fingerprint density at radius 1 is 1.18 bits per heavy atom. The first-order valence-electron chi connectivity index (χ1n) is 3.35. The van der Waals surface area contributed by atoms with Gasteiger partial charge >= 0.3 is 0 Å². The molecule has 11 heavy (non-hydrogen) atoms. The van der Waals surface area contributed by atoms with Gasteiger partial charge in [-0.25, -0.2) is 0 Å². The topological polar surface area (TPSA) is 9.23 Å². The monoisotopic (exact) mass is 196 g/mol. The van der Waals surface area contributed by atoms with Crippen LogP contribution >= 0.6 is 0 Å². The van der Waals surface area contributed by atoms with Crippen molar-refractivity contribution in [2.45, 2.75) is 0 Å². The number of rotatable bonds is 0. The molecule has 1 aromatic rings. The van der Waals surface area contributed by atoms with Gasteiger partial charge in [-0.2, -0.15) is 0 Å². The van der Waals surface area contributed by atoms with Crippen molar-refractivity contribution in [3.63, 3.8) is 0 Å². The maximum absolute atomic E-state index is 5.34. The Morgan fingerprint density at radius 3 is 2.82 bits per heavy atom. The predicted molar refractivity (Wildman–Crippen MR) is 41.0 cm³/mol. The van der Waals surface area contributed by atoms with Crippen LogP contribution < -0.4 is 4.74 Å². The van der Waals surface area contributed by atoms with E-state index in [1.807, 2.05) is 30.3 Å². The van der Waals surface area contributed by atoms with Crippen LogP contribution in [0.2, 0.25) is 0 Å². The van der Waals surface area contributed by atoms with Crippen molar-refractivity contribution >= 4 is 6.08 Å². The summed E-state index contributed by atoms with van der Waals surface area (Å²) >= 11 is 0. The molecule has 0 saturated carbocycles. The van der Waals surface area contributed by atoms with Crippen LogP contribution in [0.25, 0.3) is 6.08 Å². The molecule has 0 amide bonds. The van der Waals surface area contributed by atoms with E-state index in [0.717, 1.165) is 5.75 Å². The second-order valence-corrected chi connectivity index (χ2v) is 2.25. The van der Waals surface area contributed by atoms with Gasteiger partial charge in [0.1, 0.15) is 12.4 Å². The van der Waals surface area contributed by atoms with Crippen LogP contribution in [0.1, 0.15) is 5.56 Å². The third-order valence-corrected chi connectivity index (χ3v) is 1.55. The van der Waals surface area contributed by atoms with Crippen LogP contribution in [-0.4, -0.2) is 6.61 Å². The molecule has 1 heterocycles. The van der Waals surface area contributed by atoms with Crippen molar-refractivity contribution in [2.24, 2.45) is 0 Å². The van der Waals surface area contributed by atoms with Crippen molar-refractivity contribution in [1.82, 2.24) is 0 Å². The molecule has 1 aromatic carbocycles. The van der Waals surface area contributed by atoms with Crippen LogP contribution in [-0.2, 0) is 19.5 Å². The summed E-state index contributed by atoms with van der Waals surface area (Å²) in [6.07, 6.45) is 4.10. The van der Waals surface area contributed by atoms with Gasteiger partial charge in [0, 0.05) is 25.0 Å². The normalized spacial score (nSPS) is 12.7. The summed E-state index contributed by atoms with van der Waals surface area (Å²) in [7, 11) is 0. The minimum Gasteiger partial charge on any atom is -0.489 e. The number of para-hydroxylation sites is 1. The molecule has 0 bridgehead atoms. The van der Waals surface area contributed by atoms with Crippen molar-refractivity contribution in [2.75, 3.05) is 6.61 Å². The number of fused-ring (bicyclic) bond motifs is 1. The Labute approximate surface area is 78.8 Å². The van der Waals surface area contributed by atoms with Gasteiger partial charge in [0.2, 0.25) is 0 Å². The van der Waals surface area contributed by atoms with E-state index in [0.29, 0.717) is 6.61 Å². The molecule has 0 saturated heterocycles. The molecule has 52 valence electrons. The smallest absolute Gasteiger partial charge is 0.126 e. The molecule has 0 aliphatic carbocycles. The number of ether oxygens (including phenoxy) is 1. The first-order valence-corrected chi connectivity index (χ1v) is 3.35. The minimum atomic E-state index is 0. The molecule has 0 fully saturated rings. The van der Waals surface area contributed by atoms with E-state index < -0.39 is 0 Å². The van der Waals surface area contributed by atoms with E-state index in [-0.39, 0.29) is 19.5 Å². The number of hydrogen-bond donors (Lipinski definition) is 0. The summed E-state index contributed by atoms with van der Waals surface area (Å²) in [4.78, 5) is 0. The van der Waals surface area contributed by atoms with Crippen molar-refractivity contribution in [3.8, 4) is 5.75 Å². The zero-order valence-corrected chi connectivity index (χ0v) is 9.25. The number of benzene rings is 1. The van der Waals surface area contributed by atoms with E-state index in [1.165, 1.54) is 5.56 Å². The van der Waals surface area contributed by atoms with Gasteiger partial charge in [-0.1, -0.05) is 24.3 Å². The SMILES string of the molecule is C1=Cc2ccccc2OC1.[Zn]. The molecule has 0 N–H and O–H groups in total. The maximum atomic E-state index is 5.34. The fourth-order valence-electron chi connectivity index (χ4n) is 1.06. The fourth-order valence-corrected chi connectivity index (χ4v) is 1.06. The van der Waals surface area contributed by atoms with E-state index in [4.69, 9.17) is 4.74 Å². The largest absolute Gasteiger partial charge is 0.489 e. The van der Waals surface area contributed by atoms with Crippen LogP contribution in [0.15, 0.2) is 30.3 Å². The molecule has 1 nitrogen and oxygen atoms in total. The van der Waals surface area contributed by atoms with Gasteiger partial charge in [0.15, 0.2) is 0 Å². The average molecular weight is 198 g/mol. The zero-order chi connectivity index (χ0) is 6.81. The summed E-state index contributed by atoms with van der Waals surface area (Å²) in [5, 5.41) is 0. The van der Waals surface area contributed by atoms with Gasteiger partial charge in [0.05, 0.1) is 0 Å². The molecular weight excluding hydrogens is 189 g/mol. The maximum Gasteiger partial charge on any atom is 0.126 e. The zero-order valence-electron chi connectivity index (χ0n) is 6.29. The number of hydrogen-bond acceptors (Lipinski definition) is 1. The quantitative estimate of drug-likeness (QED) is 0.579. The first kappa shape index (κ1) is 8.48. The molecule has 1 aliphatic heterocycles. The summed E-state index contributed by atoms with van der Waals surface area (Å²) in [5.74, 6) is 0.991. The molecule has 2 heteroatoms. The molecule has 0 aromatic heterocycles. The molecule has 2 rings (SSSR count). The molecular formula is C9H8OZn. The Bertz CT molecular complexity index is 268. The molecule has 0 radical (unpaired) electrons. The first-order chi connectivity index (χ1) is 4.97. The summed E-state index contributed by atoms with van der Waals surface area (Å²) in [5.41, 5.74) is 1.17. The van der Waals surface area contributed by atoms with Crippen molar-refractivity contribution in [3.05, 3.63) is 35.9 Å². The molecule has 1 aliphatic rings. The predicted octanol–water partition coefficient (Wildman–Crippen LogP) is 2.09. The fraction of sp³-hybridized carbons (Fsp3) is 0.111. The van der Waals surface area contributed by atoms with Gasteiger partial charge in [0.25, 0.3) is 0 Å². The van der Waals surface area contributed by atoms with Crippen LogP contribution in [0, 0.1) is 0 Å². The van der Waals surface area contributed by atoms with Gasteiger partial charge in [-0.3, -0.25) is 0 Å². The second kappa shape index (κ2) is 3.68. The van der Waals surface area contributed by atoms with Gasteiger partial charge < -0.3 is 4.74 Å². The standard InChI is InChI=1S/C9H8O.Zn/c1-2-6-9-8(4-1)5-3-7-10-9;/h1-6H,7H2;. The summed E-state index contributed by atoms with van der Waals surface area (Å²) < 4.78 is 5.34. The van der Waals surface area contributed by atoms with Crippen molar-refractivity contribution < 1.29 is 24.2 Å². The second-order valence-electron chi connectivity index (χ2n) is 2.25. The summed E-state index contributed by atoms with van der Waals surface area (Å²) in [6.45, 7) is 0.705. The minimum absolute atomic E-state index is 0. The third kappa shape index (κ3) is 1.69. The van der Waals surface area contributed by atoms with E-state index >= 15 is 0 Å². The van der Waals surface area contributed by atoms with Crippen molar-refractivity contribution in [1.29, 1.82) is 0 Å². The molecule has 0 atom stereocenters.